The molecule has 1 aromatic carbocycles. The van der Waals surface area contributed by atoms with Gasteiger partial charge in [-0.3, -0.25) is 4.79 Å². The SMILES string of the molecule is CCN(C(=O)c1ccc(F)cc1C)C1CCCC1. The van der Waals surface area contributed by atoms with Crippen molar-refractivity contribution in [2.75, 3.05) is 6.54 Å². The number of hydrogen-bond donors (Lipinski definition) is 0. The fraction of sp³-hybridized carbons (Fsp3) is 0.533. The van der Waals surface area contributed by atoms with E-state index in [9.17, 15) is 9.18 Å². The molecule has 18 heavy (non-hydrogen) atoms. The van der Waals surface area contributed by atoms with Crippen molar-refractivity contribution in [3.63, 3.8) is 0 Å². The molecular formula is C15H20FNO. The molecule has 0 atom stereocenters. The third-order valence-electron chi connectivity index (χ3n) is 3.79. The van der Waals surface area contributed by atoms with Crippen molar-refractivity contribution in [1.82, 2.24) is 4.90 Å². The van der Waals surface area contributed by atoms with Crippen LogP contribution in [0.2, 0.25) is 0 Å². The third-order valence-corrected chi connectivity index (χ3v) is 3.79. The van der Waals surface area contributed by atoms with Gasteiger partial charge < -0.3 is 4.90 Å². The van der Waals surface area contributed by atoms with Gasteiger partial charge in [0.05, 0.1) is 0 Å². The van der Waals surface area contributed by atoms with Crippen LogP contribution in [0.4, 0.5) is 4.39 Å². The summed E-state index contributed by atoms with van der Waals surface area (Å²) >= 11 is 0. The van der Waals surface area contributed by atoms with Crippen molar-refractivity contribution in [2.24, 2.45) is 0 Å². The van der Waals surface area contributed by atoms with Crippen molar-refractivity contribution >= 4 is 5.91 Å². The minimum absolute atomic E-state index is 0.0434. The van der Waals surface area contributed by atoms with Crippen LogP contribution >= 0.6 is 0 Å². The highest BCUT2D eigenvalue weighted by atomic mass is 19.1. The number of hydrogen-bond acceptors (Lipinski definition) is 1. The lowest BCUT2D eigenvalue weighted by atomic mass is 10.1. The van der Waals surface area contributed by atoms with Gasteiger partial charge in [0.15, 0.2) is 0 Å². The molecule has 3 heteroatoms. The van der Waals surface area contributed by atoms with E-state index < -0.39 is 0 Å². The molecule has 1 amide bonds. The Morgan fingerprint density at radius 3 is 2.61 bits per heavy atom. The van der Waals surface area contributed by atoms with E-state index in [1.165, 1.54) is 25.0 Å². The summed E-state index contributed by atoms with van der Waals surface area (Å²) in [6, 6.07) is 4.76. The fourth-order valence-electron chi connectivity index (χ4n) is 2.81. The van der Waals surface area contributed by atoms with Gasteiger partial charge in [-0.2, -0.15) is 0 Å². The largest absolute Gasteiger partial charge is 0.336 e. The Kier molecular flexibility index (Phi) is 4.00. The lowest BCUT2D eigenvalue weighted by molar-refractivity contribution is 0.0693. The molecule has 1 fully saturated rings. The quantitative estimate of drug-likeness (QED) is 0.802. The summed E-state index contributed by atoms with van der Waals surface area (Å²) < 4.78 is 13.1. The molecule has 0 aliphatic heterocycles. The molecule has 98 valence electrons. The van der Waals surface area contributed by atoms with Crippen molar-refractivity contribution in [2.45, 2.75) is 45.6 Å². The molecule has 0 aromatic heterocycles. The van der Waals surface area contributed by atoms with Gasteiger partial charge in [0.25, 0.3) is 5.91 Å². The Bertz CT molecular complexity index is 438. The topological polar surface area (TPSA) is 20.3 Å². The maximum Gasteiger partial charge on any atom is 0.254 e. The summed E-state index contributed by atoms with van der Waals surface area (Å²) in [5.41, 5.74) is 1.35. The highest BCUT2D eigenvalue weighted by Gasteiger charge is 2.26. The highest BCUT2D eigenvalue weighted by molar-refractivity contribution is 5.95. The molecule has 0 radical (unpaired) electrons. The van der Waals surface area contributed by atoms with Crippen LogP contribution < -0.4 is 0 Å². The molecule has 0 unspecified atom stereocenters. The van der Waals surface area contributed by atoms with Crippen molar-refractivity contribution in [3.8, 4) is 0 Å². The first-order valence-corrected chi connectivity index (χ1v) is 6.70. The van der Waals surface area contributed by atoms with E-state index in [4.69, 9.17) is 0 Å². The number of halogens is 1. The first-order valence-electron chi connectivity index (χ1n) is 6.70. The van der Waals surface area contributed by atoms with Gasteiger partial charge in [-0.05, 0) is 50.5 Å². The van der Waals surface area contributed by atoms with Gasteiger partial charge in [-0.15, -0.1) is 0 Å². The summed E-state index contributed by atoms with van der Waals surface area (Å²) in [6.07, 6.45) is 4.60. The standard InChI is InChI=1S/C15H20FNO/c1-3-17(13-6-4-5-7-13)15(18)14-9-8-12(16)10-11(14)2/h8-10,13H,3-7H2,1-2H3. The first-order chi connectivity index (χ1) is 8.63. The first kappa shape index (κ1) is 13.1. The third kappa shape index (κ3) is 2.55. The molecule has 2 rings (SSSR count). The smallest absolute Gasteiger partial charge is 0.254 e. The maximum absolute atomic E-state index is 13.1. The molecule has 1 aliphatic carbocycles. The van der Waals surface area contributed by atoms with Gasteiger partial charge in [0.1, 0.15) is 5.82 Å². The van der Waals surface area contributed by atoms with Gasteiger partial charge in [0.2, 0.25) is 0 Å². The number of rotatable bonds is 3. The molecule has 0 spiro atoms. The van der Waals surface area contributed by atoms with E-state index in [1.807, 2.05) is 11.8 Å². The van der Waals surface area contributed by atoms with Crippen molar-refractivity contribution in [1.29, 1.82) is 0 Å². The predicted octanol–water partition coefficient (Wildman–Crippen LogP) is 3.54. The van der Waals surface area contributed by atoms with Gasteiger partial charge in [-0.1, -0.05) is 12.8 Å². The minimum Gasteiger partial charge on any atom is -0.336 e. The summed E-state index contributed by atoms with van der Waals surface area (Å²) in [6.45, 7) is 4.52. The lowest BCUT2D eigenvalue weighted by Gasteiger charge is -2.28. The van der Waals surface area contributed by atoms with Gasteiger partial charge >= 0.3 is 0 Å². The van der Waals surface area contributed by atoms with E-state index in [2.05, 4.69) is 0 Å². The zero-order valence-electron chi connectivity index (χ0n) is 11.1. The van der Waals surface area contributed by atoms with Crippen LogP contribution in [0.3, 0.4) is 0 Å². The Labute approximate surface area is 108 Å². The Morgan fingerprint density at radius 2 is 2.06 bits per heavy atom. The molecule has 1 saturated carbocycles. The molecule has 1 aliphatic rings. The van der Waals surface area contributed by atoms with Gasteiger partial charge in [-0.25, -0.2) is 4.39 Å². The number of benzene rings is 1. The van der Waals surface area contributed by atoms with E-state index in [-0.39, 0.29) is 11.7 Å². The minimum atomic E-state index is -0.284. The number of carbonyl (C=O) groups is 1. The molecular weight excluding hydrogens is 229 g/mol. The average molecular weight is 249 g/mol. The maximum atomic E-state index is 13.1. The Morgan fingerprint density at radius 1 is 1.39 bits per heavy atom. The van der Waals surface area contributed by atoms with Crippen molar-refractivity contribution < 1.29 is 9.18 Å². The highest BCUT2D eigenvalue weighted by Crippen LogP contribution is 2.25. The van der Waals surface area contributed by atoms with Crippen LogP contribution in [0.15, 0.2) is 18.2 Å². The van der Waals surface area contributed by atoms with E-state index in [0.717, 1.165) is 24.9 Å². The second-order valence-corrected chi connectivity index (χ2v) is 4.99. The van der Waals surface area contributed by atoms with Crippen LogP contribution in [0, 0.1) is 12.7 Å². The fourth-order valence-corrected chi connectivity index (χ4v) is 2.81. The summed E-state index contributed by atoms with van der Waals surface area (Å²) in [5, 5.41) is 0. The summed E-state index contributed by atoms with van der Waals surface area (Å²) in [5.74, 6) is -0.241. The zero-order chi connectivity index (χ0) is 13.1. The number of nitrogens with zero attached hydrogens (tertiary/aromatic N) is 1. The number of aryl methyl sites for hydroxylation is 1. The number of amides is 1. The summed E-state index contributed by atoms with van der Waals surface area (Å²) in [7, 11) is 0. The van der Waals surface area contributed by atoms with Crippen LogP contribution in [0.1, 0.15) is 48.5 Å². The molecule has 0 heterocycles. The second-order valence-electron chi connectivity index (χ2n) is 4.99. The zero-order valence-corrected chi connectivity index (χ0v) is 11.1. The van der Waals surface area contributed by atoms with E-state index >= 15 is 0 Å². The normalized spacial score (nSPS) is 15.9. The van der Waals surface area contributed by atoms with Crippen LogP contribution in [0.25, 0.3) is 0 Å². The molecule has 0 bridgehead atoms. The van der Waals surface area contributed by atoms with E-state index in [1.54, 1.807) is 13.0 Å². The molecule has 0 N–H and O–H groups in total. The second kappa shape index (κ2) is 5.51. The van der Waals surface area contributed by atoms with Crippen LogP contribution in [-0.4, -0.2) is 23.4 Å². The van der Waals surface area contributed by atoms with Crippen LogP contribution in [0.5, 0.6) is 0 Å². The predicted molar refractivity (Wildman–Crippen MR) is 70.1 cm³/mol. The molecule has 0 saturated heterocycles. The van der Waals surface area contributed by atoms with E-state index in [0.29, 0.717) is 11.6 Å². The lowest BCUT2D eigenvalue weighted by Crippen LogP contribution is -2.38. The summed E-state index contributed by atoms with van der Waals surface area (Å²) in [4.78, 5) is 14.4. The Hall–Kier alpha value is -1.38. The van der Waals surface area contributed by atoms with Crippen molar-refractivity contribution in [3.05, 3.63) is 35.1 Å². The van der Waals surface area contributed by atoms with Gasteiger partial charge in [0, 0.05) is 18.2 Å². The van der Waals surface area contributed by atoms with Crippen LogP contribution in [-0.2, 0) is 0 Å². The average Bonchev–Trinajstić information content (AvgIpc) is 2.83. The monoisotopic (exact) mass is 249 g/mol. The Balaban J connectivity index is 2.22. The number of carbonyl (C=O) groups excluding carboxylic acids is 1. The molecule has 2 nitrogen and oxygen atoms in total. The molecule has 1 aromatic rings.